The first-order valence-corrected chi connectivity index (χ1v) is 5.97. The molecule has 2 nitrogen and oxygen atoms in total. The number of nitrogens with zero attached hydrogens (tertiary/aromatic N) is 1. The van der Waals surface area contributed by atoms with Crippen molar-refractivity contribution < 1.29 is 4.84 Å². The molecule has 3 rings (SSSR count). The van der Waals surface area contributed by atoms with Crippen molar-refractivity contribution in [3.8, 4) is 0 Å². The Balaban J connectivity index is 1.91. The van der Waals surface area contributed by atoms with Crippen LogP contribution in [0.15, 0.2) is 60.7 Å². The first-order chi connectivity index (χ1) is 8.45. The molecule has 1 saturated heterocycles. The van der Waals surface area contributed by atoms with Gasteiger partial charge in [-0.2, -0.15) is 0 Å². The minimum Gasteiger partial charge on any atom is -0.273 e. The molecular formula is C15H15NO. The normalized spacial score (nSPS) is 19.5. The Labute approximate surface area is 101 Å². The summed E-state index contributed by atoms with van der Waals surface area (Å²) in [6.45, 7) is 0.786. The molecule has 1 heterocycles. The third-order valence-electron chi connectivity index (χ3n) is 3.10. The van der Waals surface area contributed by atoms with Gasteiger partial charge >= 0.3 is 0 Å². The highest BCUT2D eigenvalue weighted by molar-refractivity contribution is 5.46. The lowest BCUT2D eigenvalue weighted by molar-refractivity contribution is 0.159. The highest BCUT2D eigenvalue weighted by Crippen LogP contribution is 2.34. The van der Waals surface area contributed by atoms with Crippen LogP contribution in [-0.4, -0.2) is 6.61 Å². The van der Waals surface area contributed by atoms with Gasteiger partial charge in [0.15, 0.2) is 0 Å². The van der Waals surface area contributed by atoms with Gasteiger partial charge in [-0.25, -0.2) is 5.06 Å². The van der Waals surface area contributed by atoms with Gasteiger partial charge in [-0.15, -0.1) is 0 Å². The lowest BCUT2D eigenvalue weighted by atomic mass is 10.0. The van der Waals surface area contributed by atoms with Crippen LogP contribution in [0.2, 0.25) is 0 Å². The topological polar surface area (TPSA) is 12.5 Å². The van der Waals surface area contributed by atoms with Crippen LogP contribution in [0.25, 0.3) is 0 Å². The van der Waals surface area contributed by atoms with E-state index in [0.29, 0.717) is 6.04 Å². The predicted octanol–water partition coefficient (Wildman–Crippen LogP) is 3.57. The van der Waals surface area contributed by atoms with E-state index in [9.17, 15) is 0 Å². The summed E-state index contributed by atoms with van der Waals surface area (Å²) in [5, 5.41) is 2.02. The summed E-state index contributed by atoms with van der Waals surface area (Å²) < 4.78 is 0. The summed E-state index contributed by atoms with van der Waals surface area (Å²) in [6, 6.07) is 21.1. The molecule has 1 aliphatic rings. The van der Waals surface area contributed by atoms with Crippen molar-refractivity contribution in [1.82, 2.24) is 0 Å². The fourth-order valence-corrected chi connectivity index (χ4v) is 2.28. The van der Waals surface area contributed by atoms with Crippen LogP contribution in [-0.2, 0) is 4.84 Å². The molecule has 0 radical (unpaired) electrons. The van der Waals surface area contributed by atoms with Crippen molar-refractivity contribution in [2.24, 2.45) is 0 Å². The molecule has 0 bridgehead atoms. The van der Waals surface area contributed by atoms with E-state index < -0.39 is 0 Å². The summed E-state index contributed by atoms with van der Waals surface area (Å²) in [5.41, 5.74) is 2.44. The molecule has 1 fully saturated rings. The Morgan fingerprint density at radius 1 is 0.882 bits per heavy atom. The van der Waals surface area contributed by atoms with E-state index in [1.54, 1.807) is 0 Å². The third-order valence-corrected chi connectivity index (χ3v) is 3.10. The maximum atomic E-state index is 5.74. The van der Waals surface area contributed by atoms with Crippen LogP contribution >= 0.6 is 0 Å². The summed E-state index contributed by atoms with van der Waals surface area (Å²) in [4.78, 5) is 5.74. The molecule has 0 aromatic heterocycles. The molecule has 0 aliphatic carbocycles. The van der Waals surface area contributed by atoms with Gasteiger partial charge in [0.05, 0.1) is 18.3 Å². The molecule has 1 unspecified atom stereocenters. The van der Waals surface area contributed by atoms with E-state index in [1.165, 1.54) is 5.56 Å². The van der Waals surface area contributed by atoms with Crippen LogP contribution in [0.5, 0.6) is 0 Å². The lowest BCUT2D eigenvalue weighted by Gasteiger charge is -2.24. The van der Waals surface area contributed by atoms with E-state index in [-0.39, 0.29) is 0 Å². The van der Waals surface area contributed by atoms with Crippen LogP contribution in [0.4, 0.5) is 5.69 Å². The Kier molecular flexibility index (Phi) is 2.80. The molecule has 0 N–H and O–H groups in total. The van der Waals surface area contributed by atoms with Crippen molar-refractivity contribution in [3.63, 3.8) is 0 Å². The number of para-hydroxylation sites is 1. The SMILES string of the molecule is c1ccc(C2CCON2c2ccccc2)cc1. The molecule has 0 amide bonds. The van der Waals surface area contributed by atoms with Crippen molar-refractivity contribution in [3.05, 3.63) is 66.2 Å². The molecule has 1 atom stereocenters. The molecule has 2 heteroatoms. The Morgan fingerprint density at radius 2 is 1.53 bits per heavy atom. The minimum absolute atomic E-state index is 0.332. The number of benzene rings is 2. The second-order valence-electron chi connectivity index (χ2n) is 4.21. The van der Waals surface area contributed by atoms with Gasteiger partial charge in [-0.3, -0.25) is 4.84 Å². The summed E-state index contributed by atoms with van der Waals surface area (Å²) >= 11 is 0. The number of hydroxylamine groups is 1. The van der Waals surface area contributed by atoms with Crippen molar-refractivity contribution >= 4 is 5.69 Å². The minimum atomic E-state index is 0.332. The highest BCUT2D eigenvalue weighted by atomic mass is 16.7. The summed E-state index contributed by atoms with van der Waals surface area (Å²) in [6.07, 6.45) is 1.04. The monoisotopic (exact) mass is 225 g/mol. The third kappa shape index (κ3) is 2.04. The van der Waals surface area contributed by atoms with Crippen molar-refractivity contribution in [1.29, 1.82) is 0 Å². The molecule has 2 aromatic carbocycles. The zero-order valence-corrected chi connectivity index (χ0v) is 9.62. The van der Waals surface area contributed by atoms with Gasteiger partial charge < -0.3 is 0 Å². The fourth-order valence-electron chi connectivity index (χ4n) is 2.28. The van der Waals surface area contributed by atoms with E-state index in [1.807, 2.05) is 29.3 Å². The number of anilines is 1. The lowest BCUT2D eigenvalue weighted by Crippen LogP contribution is -2.20. The molecular weight excluding hydrogens is 210 g/mol. The van der Waals surface area contributed by atoms with Gasteiger partial charge in [0.25, 0.3) is 0 Å². The smallest absolute Gasteiger partial charge is 0.0838 e. The molecule has 86 valence electrons. The number of hydrogen-bond acceptors (Lipinski definition) is 2. The van der Waals surface area contributed by atoms with Crippen molar-refractivity contribution in [2.75, 3.05) is 11.7 Å². The van der Waals surface area contributed by atoms with Gasteiger partial charge in [-0.1, -0.05) is 48.5 Å². The predicted molar refractivity (Wildman–Crippen MR) is 68.7 cm³/mol. The highest BCUT2D eigenvalue weighted by Gasteiger charge is 2.27. The Hall–Kier alpha value is -1.80. The number of hydrogen-bond donors (Lipinski definition) is 0. The second-order valence-corrected chi connectivity index (χ2v) is 4.21. The summed E-state index contributed by atoms with van der Waals surface area (Å²) in [7, 11) is 0. The van der Waals surface area contributed by atoms with Gasteiger partial charge in [0.2, 0.25) is 0 Å². The summed E-state index contributed by atoms with van der Waals surface area (Å²) in [5.74, 6) is 0. The van der Waals surface area contributed by atoms with Crippen LogP contribution in [0.1, 0.15) is 18.0 Å². The maximum absolute atomic E-state index is 5.74. The largest absolute Gasteiger partial charge is 0.273 e. The van der Waals surface area contributed by atoms with Crippen LogP contribution in [0, 0.1) is 0 Å². The maximum Gasteiger partial charge on any atom is 0.0838 e. The average molecular weight is 225 g/mol. The zero-order chi connectivity index (χ0) is 11.5. The van der Waals surface area contributed by atoms with Gasteiger partial charge in [-0.05, 0) is 17.7 Å². The second kappa shape index (κ2) is 4.60. The van der Waals surface area contributed by atoms with Crippen molar-refractivity contribution in [2.45, 2.75) is 12.5 Å². The average Bonchev–Trinajstić information content (AvgIpc) is 2.90. The van der Waals surface area contributed by atoms with Gasteiger partial charge in [0.1, 0.15) is 0 Å². The van der Waals surface area contributed by atoms with E-state index in [2.05, 4.69) is 36.4 Å². The van der Waals surface area contributed by atoms with E-state index in [0.717, 1.165) is 18.7 Å². The molecule has 2 aromatic rings. The standard InChI is InChI=1S/C15H15NO/c1-3-7-13(8-4-1)15-11-12-17-16(15)14-9-5-2-6-10-14/h1-10,15H,11-12H2. The molecule has 0 spiro atoms. The first kappa shape index (κ1) is 10.4. The fraction of sp³-hybridized carbons (Fsp3) is 0.200. The van der Waals surface area contributed by atoms with Crippen LogP contribution < -0.4 is 5.06 Å². The molecule has 1 aliphatic heterocycles. The zero-order valence-electron chi connectivity index (χ0n) is 9.62. The Bertz CT molecular complexity index is 423. The Morgan fingerprint density at radius 3 is 2.24 bits per heavy atom. The quantitative estimate of drug-likeness (QED) is 0.774. The van der Waals surface area contributed by atoms with Gasteiger partial charge in [0, 0.05) is 6.42 Å². The molecule has 17 heavy (non-hydrogen) atoms. The number of rotatable bonds is 2. The van der Waals surface area contributed by atoms with Crippen LogP contribution in [0.3, 0.4) is 0 Å². The first-order valence-electron chi connectivity index (χ1n) is 5.97. The van der Waals surface area contributed by atoms with E-state index in [4.69, 9.17) is 4.84 Å². The van der Waals surface area contributed by atoms with E-state index >= 15 is 0 Å². The molecule has 0 saturated carbocycles.